The minimum Gasteiger partial charge on any atom is -0.497 e. The van der Waals surface area contributed by atoms with Gasteiger partial charge in [0.2, 0.25) is 0 Å². The number of ether oxygens (including phenoxy) is 1. The number of hydrogen-bond acceptors (Lipinski definition) is 2. The standard InChI is InChI=1S/C13H23NO2S/c1-13(2,3)17(15)14-12(10-7-8-10)11-6-4-5-9-16-11/h5,9-12,14H,4,6-8H2,1-3H3/t11-,12+,17+/m0/s1. The van der Waals surface area contributed by atoms with Gasteiger partial charge < -0.3 is 4.74 Å². The highest BCUT2D eigenvalue weighted by Crippen LogP contribution is 2.37. The smallest absolute Gasteiger partial charge is 0.115 e. The normalized spacial score (nSPS) is 28.5. The lowest BCUT2D eigenvalue weighted by Crippen LogP contribution is -2.48. The molecular weight excluding hydrogens is 234 g/mol. The molecule has 4 heteroatoms. The second-order valence-corrected chi connectivity index (χ2v) is 7.98. The van der Waals surface area contributed by atoms with E-state index in [0.717, 1.165) is 12.8 Å². The van der Waals surface area contributed by atoms with Gasteiger partial charge in [-0.15, -0.1) is 0 Å². The van der Waals surface area contributed by atoms with Crippen LogP contribution in [0.4, 0.5) is 0 Å². The third kappa shape index (κ3) is 3.55. The zero-order valence-electron chi connectivity index (χ0n) is 10.9. The molecule has 0 bridgehead atoms. The van der Waals surface area contributed by atoms with Crippen LogP contribution < -0.4 is 4.72 Å². The highest BCUT2D eigenvalue weighted by Gasteiger charge is 2.39. The molecule has 0 aromatic heterocycles. The number of hydrogen-bond donors (Lipinski definition) is 1. The van der Waals surface area contributed by atoms with E-state index in [9.17, 15) is 4.21 Å². The van der Waals surface area contributed by atoms with Gasteiger partial charge >= 0.3 is 0 Å². The van der Waals surface area contributed by atoms with E-state index in [1.54, 1.807) is 6.26 Å². The second-order valence-electron chi connectivity index (χ2n) is 5.99. The van der Waals surface area contributed by atoms with Gasteiger partial charge in [0.25, 0.3) is 0 Å². The van der Waals surface area contributed by atoms with E-state index < -0.39 is 11.0 Å². The van der Waals surface area contributed by atoms with E-state index in [4.69, 9.17) is 4.74 Å². The molecule has 0 aromatic carbocycles. The molecule has 0 aromatic rings. The highest BCUT2D eigenvalue weighted by atomic mass is 32.2. The topological polar surface area (TPSA) is 38.3 Å². The molecule has 1 saturated carbocycles. The number of nitrogens with one attached hydrogen (secondary N) is 1. The van der Waals surface area contributed by atoms with Crippen LogP contribution in [-0.2, 0) is 15.7 Å². The Morgan fingerprint density at radius 2 is 2.06 bits per heavy atom. The Kier molecular flexibility index (Phi) is 3.93. The summed E-state index contributed by atoms with van der Waals surface area (Å²) in [5.74, 6) is 0.651. The Labute approximate surface area is 107 Å². The number of allylic oxidation sites excluding steroid dienone is 1. The van der Waals surface area contributed by atoms with Crippen molar-refractivity contribution in [3.05, 3.63) is 12.3 Å². The molecule has 3 nitrogen and oxygen atoms in total. The number of rotatable bonds is 4. The van der Waals surface area contributed by atoms with Gasteiger partial charge in [0.15, 0.2) is 0 Å². The zero-order valence-corrected chi connectivity index (χ0v) is 11.8. The van der Waals surface area contributed by atoms with Gasteiger partial charge in [-0.25, -0.2) is 8.93 Å². The molecule has 1 aliphatic carbocycles. The Bertz CT molecular complexity index is 318. The van der Waals surface area contributed by atoms with Gasteiger partial charge in [0, 0.05) is 0 Å². The lowest BCUT2D eigenvalue weighted by molar-refractivity contribution is 0.0864. The molecule has 1 N–H and O–H groups in total. The molecule has 17 heavy (non-hydrogen) atoms. The molecule has 2 rings (SSSR count). The Morgan fingerprint density at radius 1 is 1.35 bits per heavy atom. The molecule has 0 unspecified atom stereocenters. The Hall–Kier alpha value is -0.350. The first-order chi connectivity index (χ1) is 7.98. The molecule has 1 fully saturated rings. The van der Waals surface area contributed by atoms with Crippen LogP contribution in [0.5, 0.6) is 0 Å². The van der Waals surface area contributed by atoms with Crippen molar-refractivity contribution >= 4 is 11.0 Å². The van der Waals surface area contributed by atoms with Gasteiger partial charge in [-0.3, -0.25) is 0 Å². The summed E-state index contributed by atoms with van der Waals surface area (Å²) in [6.45, 7) is 6.01. The van der Waals surface area contributed by atoms with Gasteiger partial charge in [-0.1, -0.05) is 0 Å². The van der Waals surface area contributed by atoms with Gasteiger partial charge in [0.1, 0.15) is 6.10 Å². The quantitative estimate of drug-likeness (QED) is 0.840. The molecule has 1 aliphatic heterocycles. The maximum absolute atomic E-state index is 12.2. The lowest BCUT2D eigenvalue weighted by Gasteiger charge is -2.31. The van der Waals surface area contributed by atoms with Crippen molar-refractivity contribution in [3.8, 4) is 0 Å². The fourth-order valence-corrected chi connectivity index (χ4v) is 2.99. The monoisotopic (exact) mass is 257 g/mol. The SMILES string of the molecule is CC(C)(C)[S@@](=O)N[C@H](C1CC1)[C@@H]1CCC=CO1. The highest BCUT2D eigenvalue weighted by molar-refractivity contribution is 7.84. The van der Waals surface area contributed by atoms with Gasteiger partial charge in [-0.2, -0.15) is 0 Å². The largest absolute Gasteiger partial charge is 0.497 e. The summed E-state index contributed by atoms with van der Waals surface area (Å²) in [5, 5.41) is 0. The summed E-state index contributed by atoms with van der Waals surface area (Å²) in [4.78, 5) is 0. The van der Waals surface area contributed by atoms with Crippen LogP contribution in [0.1, 0.15) is 46.5 Å². The van der Waals surface area contributed by atoms with Crippen molar-refractivity contribution in [1.29, 1.82) is 0 Å². The van der Waals surface area contributed by atoms with Crippen LogP contribution in [0, 0.1) is 5.92 Å². The minimum atomic E-state index is -1.00. The van der Waals surface area contributed by atoms with Crippen molar-refractivity contribution in [3.63, 3.8) is 0 Å². The molecule has 1 heterocycles. The van der Waals surface area contributed by atoms with Crippen LogP contribution >= 0.6 is 0 Å². The second kappa shape index (κ2) is 5.11. The van der Waals surface area contributed by atoms with Crippen molar-refractivity contribution in [1.82, 2.24) is 4.72 Å². The summed E-state index contributed by atoms with van der Waals surface area (Å²) >= 11 is 0. The molecule has 2 aliphatic rings. The molecular formula is C13H23NO2S. The van der Waals surface area contributed by atoms with Crippen molar-refractivity contribution < 1.29 is 8.95 Å². The van der Waals surface area contributed by atoms with Crippen LogP contribution in [0.25, 0.3) is 0 Å². The molecule has 0 spiro atoms. The van der Waals surface area contributed by atoms with Crippen LogP contribution in [0.2, 0.25) is 0 Å². The molecule has 0 amide bonds. The van der Waals surface area contributed by atoms with E-state index in [1.807, 2.05) is 20.8 Å². The van der Waals surface area contributed by atoms with Crippen LogP contribution in [0.15, 0.2) is 12.3 Å². The molecule has 0 saturated heterocycles. The summed E-state index contributed by atoms with van der Waals surface area (Å²) in [7, 11) is -1.00. The van der Waals surface area contributed by atoms with Gasteiger partial charge in [-0.05, 0) is 58.4 Å². The maximum Gasteiger partial charge on any atom is 0.115 e. The van der Waals surface area contributed by atoms with E-state index in [0.29, 0.717) is 5.92 Å². The first-order valence-corrected chi connectivity index (χ1v) is 7.62. The minimum absolute atomic E-state index is 0.193. The fourth-order valence-electron chi connectivity index (χ4n) is 2.05. The maximum atomic E-state index is 12.2. The summed E-state index contributed by atoms with van der Waals surface area (Å²) in [5.41, 5.74) is 0. The Balaban J connectivity index is 1.98. The third-order valence-corrected chi connectivity index (χ3v) is 4.90. The summed E-state index contributed by atoms with van der Waals surface area (Å²) in [6.07, 6.45) is 8.63. The van der Waals surface area contributed by atoms with Crippen molar-refractivity contribution in [2.24, 2.45) is 5.92 Å². The van der Waals surface area contributed by atoms with Crippen molar-refractivity contribution in [2.45, 2.75) is 63.3 Å². The van der Waals surface area contributed by atoms with Gasteiger partial charge in [0.05, 0.1) is 28.0 Å². The van der Waals surface area contributed by atoms with E-state index >= 15 is 0 Å². The van der Waals surface area contributed by atoms with E-state index in [-0.39, 0.29) is 16.9 Å². The predicted molar refractivity (Wildman–Crippen MR) is 70.8 cm³/mol. The first-order valence-electron chi connectivity index (χ1n) is 6.47. The lowest BCUT2D eigenvalue weighted by atomic mass is 10.0. The fraction of sp³-hybridized carbons (Fsp3) is 0.846. The Morgan fingerprint density at radius 3 is 2.53 bits per heavy atom. The molecule has 3 atom stereocenters. The van der Waals surface area contributed by atoms with Crippen molar-refractivity contribution in [2.75, 3.05) is 0 Å². The van der Waals surface area contributed by atoms with E-state index in [1.165, 1.54) is 12.8 Å². The molecule has 98 valence electrons. The predicted octanol–water partition coefficient (Wildman–Crippen LogP) is 2.51. The third-order valence-electron chi connectivity index (χ3n) is 3.30. The summed E-state index contributed by atoms with van der Waals surface area (Å²) < 4.78 is 20.9. The molecule has 0 radical (unpaired) electrons. The average Bonchev–Trinajstić information content (AvgIpc) is 3.09. The summed E-state index contributed by atoms with van der Waals surface area (Å²) in [6, 6.07) is 0.250. The van der Waals surface area contributed by atoms with E-state index in [2.05, 4.69) is 10.8 Å². The zero-order chi connectivity index (χ0) is 12.5. The average molecular weight is 257 g/mol. The van der Waals surface area contributed by atoms with Crippen LogP contribution in [0.3, 0.4) is 0 Å². The first kappa shape index (κ1) is 13.1. The van der Waals surface area contributed by atoms with Crippen LogP contribution in [-0.4, -0.2) is 21.1 Å².